The maximum Gasteiger partial charge on any atom is 0.272 e. The Morgan fingerprint density at radius 3 is 2.27 bits per heavy atom. The molecule has 1 aliphatic rings. The summed E-state index contributed by atoms with van der Waals surface area (Å²) in [7, 11) is 1.63. The van der Waals surface area contributed by atoms with Gasteiger partial charge in [0.1, 0.15) is 17.2 Å². The molecule has 190 valence electrons. The SMILES string of the molecule is CCOc1ccccc1N1CCN(C(=O)c2cc(-c3ccc(OC)cc3)nn2-c2ccccc2Cl)CC1. The predicted octanol–water partition coefficient (Wildman–Crippen LogP) is 5.56. The number of para-hydroxylation sites is 3. The largest absolute Gasteiger partial charge is 0.497 e. The number of hydrogen-bond acceptors (Lipinski definition) is 5. The highest BCUT2D eigenvalue weighted by Gasteiger charge is 2.27. The molecule has 0 radical (unpaired) electrons. The normalized spacial score (nSPS) is 13.5. The van der Waals surface area contributed by atoms with Gasteiger partial charge in [-0.05, 0) is 61.5 Å². The zero-order valence-electron chi connectivity index (χ0n) is 20.9. The molecule has 37 heavy (non-hydrogen) atoms. The van der Waals surface area contributed by atoms with Crippen LogP contribution in [0.15, 0.2) is 78.9 Å². The molecule has 1 amide bonds. The molecule has 5 rings (SSSR count). The Labute approximate surface area is 221 Å². The van der Waals surface area contributed by atoms with Crippen LogP contribution >= 0.6 is 11.6 Å². The molecule has 1 fully saturated rings. The lowest BCUT2D eigenvalue weighted by Crippen LogP contribution is -2.49. The van der Waals surface area contributed by atoms with Crippen molar-refractivity contribution in [1.82, 2.24) is 14.7 Å². The van der Waals surface area contributed by atoms with Crippen molar-refractivity contribution in [2.24, 2.45) is 0 Å². The second kappa shape index (κ2) is 11.0. The molecule has 4 aromatic rings. The lowest BCUT2D eigenvalue weighted by atomic mass is 10.1. The zero-order chi connectivity index (χ0) is 25.8. The Balaban J connectivity index is 1.42. The van der Waals surface area contributed by atoms with Gasteiger partial charge in [0, 0.05) is 31.7 Å². The average molecular weight is 517 g/mol. The first-order valence-electron chi connectivity index (χ1n) is 12.3. The number of amides is 1. The lowest BCUT2D eigenvalue weighted by Gasteiger charge is -2.36. The molecule has 0 bridgehead atoms. The maximum absolute atomic E-state index is 13.8. The van der Waals surface area contributed by atoms with Gasteiger partial charge in [-0.1, -0.05) is 35.9 Å². The van der Waals surface area contributed by atoms with Crippen molar-refractivity contribution in [2.75, 3.05) is 44.8 Å². The second-order valence-corrected chi connectivity index (χ2v) is 9.09. The third-order valence-electron chi connectivity index (χ3n) is 6.47. The Morgan fingerprint density at radius 1 is 0.919 bits per heavy atom. The van der Waals surface area contributed by atoms with Gasteiger partial charge in [-0.2, -0.15) is 5.10 Å². The topological polar surface area (TPSA) is 59.8 Å². The summed E-state index contributed by atoms with van der Waals surface area (Å²) in [6.45, 7) is 5.19. The summed E-state index contributed by atoms with van der Waals surface area (Å²) < 4.78 is 12.8. The molecule has 0 aliphatic carbocycles. The third kappa shape index (κ3) is 5.13. The minimum absolute atomic E-state index is 0.0788. The Hall–Kier alpha value is -3.97. The van der Waals surface area contributed by atoms with Crippen LogP contribution in [0.5, 0.6) is 11.5 Å². The van der Waals surface area contributed by atoms with Gasteiger partial charge < -0.3 is 19.3 Å². The van der Waals surface area contributed by atoms with Crippen molar-refractivity contribution in [3.05, 3.63) is 89.6 Å². The van der Waals surface area contributed by atoms with Crippen molar-refractivity contribution in [3.8, 4) is 28.4 Å². The molecular weight excluding hydrogens is 488 g/mol. The van der Waals surface area contributed by atoms with Crippen molar-refractivity contribution in [2.45, 2.75) is 6.92 Å². The van der Waals surface area contributed by atoms with Gasteiger partial charge in [0.05, 0.1) is 35.8 Å². The maximum atomic E-state index is 13.8. The molecular formula is C29H29ClN4O3. The van der Waals surface area contributed by atoms with Crippen LogP contribution in [-0.4, -0.2) is 60.5 Å². The molecule has 0 atom stereocenters. The van der Waals surface area contributed by atoms with Crippen LogP contribution in [0.3, 0.4) is 0 Å². The number of halogens is 1. The predicted molar refractivity (Wildman–Crippen MR) is 146 cm³/mol. The lowest BCUT2D eigenvalue weighted by molar-refractivity contribution is 0.0737. The van der Waals surface area contributed by atoms with E-state index in [1.165, 1.54) is 0 Å². The van der Waals surface area contributed by atoms with Gasteiger partial charge in [0.15, 0.2) is 0 Å². The monoisotopic (exact) mass is 516 g/mol. The highest BCUT2D eigenvalue weighted by Crippen LogP contribution is 2.30. The number of carbonyl (C=O) groups is 1. The second-order valence-electron chi connectivity index (χ2n) is 8.69. The van der Waals surface area contributed by atoms with E-state index in [0.29, 0.717) is 54.9 Å². The molecule has 1 aromatic heterocycles. The van der Waals surface area contributed by atoms with Crippen molar-refractivity contribution in [3.63, 3.8) is 0 Å². The smallest absolute Gasteiger partial charge is 0.272 e. The highest BCUT2D eigenvalue weighted by atomic mass is 35.5. The summed E-state index contributed by atoms with van der Waals surface area (Å²) in [5.74, 6) is 1.55. The number of carbonyl (C=O) groups excluding carboxylic acids is 1. The van der Waals surface area contributed by atoms with E-state index in [2.05, 4.69) is 11.0 Å². The van der Waals surface area contributed by atoms with Crippen LogP contribution in [-0.2, 0) is 0 Å². The van der Waals surface area contributed by atoms with Crippen LogP contribution in [0.4, 0.5) is 5.69 Å². The number of nitrogens with zero attached hydrogens (tertiary/aromatic N) is 4. The minimum Gasteiger partial charge on any atom is -0.497 e. The van der Waals surface area contributed by atoms with Gasteiger partial charge in [0.2, 0.25) is 0 Å². The number of benzene rings is 3. The van der Waals surface area contributed by atoms with E-state index in [-0.39, 0.29) is 5.91 Å². The molecule has 7 nitrogen and oxygen atoms in total. The standard InChI is InChI=1S/C29H29ClN4O3/c1-3-37-28-11-7-6-10-26(28)32-16-18-33(19-17-32)29(35)27-20-24(21-12-14-22(36-2)15-13-21)31-34(27)25-9-5-4-8-23(25)30/h4-15,20H,3,16-19H2,1-2H3. The number of methoxy groups -OCH3 is 1. The van der Waals surface area contributed by atoms with E-state index >= 15 is 0 Å². The fourth-order valence-corrected chi connectivity index (χ4v) is 4.77. The fourth-order valence-electron chi connectivity index (χ4n) is 4.55. The highest BCUT2D eigenvalue weighted by molar-refractivity contribution is 6.32. The van der Waals surface area contributed by atoms with E-state index < -0.39 is 0 Å². The Morgan fingerprint density at radius 2 is 1.59 bits per heavy atom. The number of aromatic nitrogens is 2. The van der Waals surface area contributed by atoms with E-state index in [4.69, 9.17) is 26.2 Å². The third-order valence-corrected chi connectivity index (χ3v) is 6.79. The zero-order valence-corrected chi connectivity index (χ0v) is 21.7. The molecule has 1 saturated heterocycles. The van der Waals surface area contributed by atoms with E-state index in [9.17, 15) is 4.79 Å². The van der Waals surface area contributed by atoms with Gasteiger partial charge >= 0.3 is 0 Å². The number of anilines is 1. The number of piperazine rings is 1. The summed E-state index contributed by atoms with van der Waals surface area (Å²) in [6.07, 6.45) is 0. The van der Waals surface area contributed by atoms with Gasteiger partial charge in [-0.3, -0.25) is 4.79 Å². The Kier molecular flexibility index (Phi) is 7.32. The summed E-state index contributed by atoms with van der Waals surface area (Å²) in [5, 5.41) is 5.32. The van der Waals surface area contributed by atoms with Crippen LogP contribution in [0.2, 0.25) is 5.02 Å². The first-order valence-corrected chi connectivity index (χ1v) is 12.7. The van der Waals surface area contributed by atoms with E-state index in [1.807, 2.05) is 78.6 Å². The van der Waals surface area contributed by atoms with E-state index in [0.717, 1.165) is 22.7 Å². The van der Waals surface area contributed by atoms with Crippen molar-refractivity contribution >= 4 is 23.2 Å². The summed E-state index contributed by atoms with van der Waals surface area (Å²) in [4.78, 5) is 18.0. The van der Waals surface area contributed by atoms with Gasteiger partial charge in [-0.15, -0.1) is 0 Å². The van der Waals surface area contributed by atoms with Crippen LogP contribution < -0.4 is 14.4 Å². The fraction of sp³-hybridized carbons (Fsp3) is 0.241. The molecule has 3 aromatic carbocycles. The first kappa shape index (κ1) is 24.7. The van der Waals surface area contributed by atoms with Crippen molar-refractivity contribution < 1.29 is 14.3 Å². The minimum atomic E-state index is -0.0788. The van der Waals surface area contributed by atoms with Crippen LogP contribution in [0.1, 0.15) is 17.4 Å². The van der Waals surface area contributed by atoms with Gasteiger partial charge in [-0.25, -0.2) is 4.68 Å². The summed E-state index contributed by atoms with van der Waals surface area (Å²) in [6, 6.07) is 24.9. The molecule has 0 spiro atoms. The van der Waals surface area contributed by atoms with Crippen LogP contribution in [0.25, 0.3) is 16.9 Å². The molecule has 0 unspecified atom stereocenters. The number of hydrogen-bond donors (Lipinski definition) is 0. The molecule has 2 heterocycles. The number of rotatable bonds is 7. The number of ether oxygens (including phenoxy) is 2. The van der Waals surface area contributed by atoms with Crippen LogP contribution in [0, 0.1) is 0 Å². The molecule has 0 saturated carbocycles. The average Bonchev–Trinajstić information content (AvgIpc) is 3.39. The molecule has 8 heteroatoms. The molecule has 1 aliphatic heterocycles. The van der Waals surface area contributed by atoms with Gasteiger partial charge in [0.25, 0.3) is 5.91 Å². The first-order chi connectivity index (χ1) is 18.1. The van der Waals surface area contributed by atoms with E-state index in [1.54, 1.807) is 17.9 Å². The molecule has 0 N–H and O–H groups in total. The quantitative estimate of drug-likeness (QED) is 0.322. The van der Waals surface area contributed by atoms with Crippen molar-refractivity contribution in [1.29, 1.82) is 0 Å². The summed E-state index contributed by atoms with van der Waals surface area (Å²) in [5.41, 5.74) is 3.77. The Bertz CT molecular complexity index is 1380. The summed E-state index contributed by atoms with van der Waals surface area (Å²) >= 11 is 6.52.